The summed E-state index contributed by atoms with van der Waals surface area (Å²) in [6.45, 7) is 4.20. The van der Waals surface area contributed by atoms with E-state index in [1.807, 2.05) is 19.1 Å². The first-order valence-corrected chi connectivity index (χ1v) is 10.3. The van der Waals surface area contributed by atoms with Crippen molar-refractivity contribution in [1.29, 1.82) is 0 Å². The molecule has 0 aromatic heterocycles. The molecule has 8 heteroatoms. The summed E-state index contributed by atoms with van der Waals surface area (Å²) in [5.41, 5.74) is 1.10. The average molecular weight is 540 g/mol. The molecule has 0 spiro atoms. The Morgan fingerprint density at radius 1 is 1.10 bits per heavy atom. The molecular weight excluding hydrogens is 510 g/mol. The third-order valence-corrected chi connectivity index (χ3v) is 5.22. The number of benzene rings is 2. The number of amides is 1. The van der Waals surface area contributed by atoms with Crippen LogP contribution in [0.3, 0.4) is 0 Å². The number of carbonyl (C=O) groups excluding carboxylic acids is 1. The molecule has 0 atom stereocenters. The van der Waals surface area contributed by atoms with Crippen LogP contribution in [0.4, 0.5) is 4.39 Å². The summed E-state index contributed by atoms with van der Waals surface area (Å²) in [6, 6.07) is 14.0. The van der Waals surface area contributed by atoms with Gasteiger partial charge in [-0.2, -0.15) is 0 Å². The second-order valence-corrected chi connectivity index (χ2v) is 7.37. The van der Waals surface area contributed by atoms with Crippen molar-refractivity contribution in [2.75, 3.05) is 33.3 Å². The van der Waals surface area contributed by atoms with Gasteiger partial charge in [-0.1, -0.05) is 24.3 Å². The second-order valence-electron chi connectivity index (χ2n) is 7.37. The first-order valence-electron chi connectivity index (χ1n) is 10.3. The summed E-state index contributed by atoms with van der Waals surface area (Å²) in [7, 11) is 1.57. The van der Waals surface area contributed by atoms with Crippen LogP contribution >= 0.6 is 24.0 Å². The highest BCUT2D eigenvalue weighted by atomic mass is 127. The van der Waals surface area contributed by atoms with Crippen molar-refractivity contribution in [3.8, 4) is 5.75 Å². The molecule has 168 valence electrons. The lowest BCUT2D eigenvalue weighted by atomic mass is 9.95. The Morgan fingerprint density at radius 3 is 2.52 bits per heavy atom. The zero-order valence-electron chi connectivity index (χ0n) is 17.9. The summed E-state index contributed by atoms with van der Waals surface area (Å²) >= 11 is 0. The lowest BCUT2D eigenvalue weighted by molar-refractivity contribution is 0.0954. The van der Waals surface area contributed by atoms with Crippen molar-refractivity contribution in [3.05, 3.63) is 65.5 Å². The number of hydrogen-bond donors (Lipinski definition) is 3. The Hall–Kier alpha value is -2.36. The average Bonchev–Trinajstić information content (AvgIpc) is 3.56. The minimum absolute atomic E-state index is 0. The van der Waals surface area contributed by atoms with E-state index in [-0.39, 0.29) is 41.1 Å². The fourth-order valence-electron chi connectivity index (χ4n) is 3.35. The van der Waals surface area contributed by atoms with Crippen molar-refractivity contribution in [2.45, 2.75) is 25.2 Å². The van der Waals surface area contributed by atoms with Crippen molar-refractivity contribution in [2.24, 2.45) is 4.99 Å². The molecule has 1 saturated carbocycles. The van der Waals surface area contributed by atoms with E-state index in [0.29, 0.717) is 43.5 Å². The van der Waals surface area contributed by atoms with Gasteiger partial charge in [-0.05, 0) is 49.6 Å². The van der Waals surface area contributed by atoms with Gasteiger partial charge < -0.3 is 20.7 Å². The lowest BCUT2D eigenvalue weighted by Crippen LogP contribution is -2.42. The van der Waals surface area contributed by atoms with Gasteiger partial charge in [0.15, 0.2) is 5.96 Å². The molecule has 0 radical (unpaired) electrons. The molecule has 0 unspecified atom stereocenters. The predicted octanol–water partition coefficient (Wildman–Crippen LogP) is 3.47. The Labute approximate surface area is 200 Å². The zero-order chi connectivity index (χ0) is 21.4. The number of halogens is 2. The number of nitrogens with zero attached hydrogens (tertiary/aromatic N) is 1. The van der Waals surface area contributed by atoms with Crippen LogP contribution in [-0.2, 0) is 5.41 Å². The standard InChI is InChI=1S/C23H29FN4O2.HI/c1-3-25-22(28-16-23(11-12-23)19-9-4-5-10-20(19)24)27-14-13-26-21(29)17-7-6-8-18(15-17)30-2;/h4-10,15H,3,11-14,16H2,1-2H3,(H,26,29)(H2,25,27,28);1H. The van der Waals surface area contributed by atoms with Gasteiger partial charge in [-0.3, -0.25) is 9.79 Å². The van der Waals surface area contributed by atoms with Crippen molar-refractivity contribution < 1.29 is 13.9 Å². The van der Waals surface area contributed by atoms with Gasteiger partial charge in [0.1, 0.15) is 11.6 Å². The number of ether oxygens (including phenoxy) is 1. The molecule has 2 aromatic rings. The molecule has 6 nitrogen and oxygen atoms in total. The van der Waals surface area contributed by atoms with Gasteiger partial charge in [0.2, 0.25) is 0 Å². The quantitative estimate of drug-likeness (QED) is 0.197. The van der Waals surface area contributed by atoms with Gasteiger partial charge in [0.05, 0.1) is 13.7 Å². The predicted molar refractivity (Wildman–Crippen MR) is 132 cm³/mol. The molecule has 1 aliphatic rings. The third kappa shape index (κ3) is 6.81. The van der Waals surface area contributed by atoms with Crippen LogP contribution in [0.15, 0.2) is 53.5 Å². The maximum absolute atomic E-state index is 14.2. The summed E-state index contributed by atoms with van der Waals surface area (Å²) in [6.07, 6.45) is 1.88. The van der Waals surface area contributed by atoms with Crippen LogP contribution in [0, 0.1) is 5.82 Å². The highest BCUT2D eigenvalue weighted by molar-refractivity contribution is 14.0. The van der Waals surface area contributed by atoms with Crippen molar-refractivity contribution in [1.82, 2.24) is 16.0 Å². The van der Waals surface area contributed by atoms with E-state index in [1.165, 1.54) is 6.07 Å². The number of guanidine groups is 1. The van der Waals surface area contributed by atoms with Gasteiger partial charge in [0, 0.05) is 30.6 Å². The van der Waals surface area contributed by atoms with Crippen LogP contribution < -0.4 is 20.7 Å². The molecule has 0 aliphatic heterocycles. The Morgan fingerprint density at radius 2 is 1.84 bits per heavy atom. The first kappa shape index (κ1) is 24.9. The molecule has 31 heavy (non-hydrogen) atoms. The number of hydrogen-bond acceptors (Lipinski definition) is 3. The maximum atomic E-state index is 14.2. The summed E-state index contributed by atoms with van der Waals surface area (Å²) < 4.78 is 19.3. The molecule has 1 fully saturated rings. The third-order valence-electron chi connectivity index (χ3n) is 5.22. The van der Waals surface area contributed by atoms with E-state index in [9.17, 15) is 9.18 Å². The van der Waals surface area contributed by atoms with Gasteiger partial charge in [0.25, 0.3) is 5.91 Å². The Balaban J connectivity index is 0.00000341. The largest absolute Gasteiger partial charge is 0.497 e. The summed E-state index contributed by atoms with van der Waals surface area (Å²) in [4.78, 5) is 16.9. The second kappa shape index (κ2) is 11.9. The van der Waals surface area contributed by atoms with Crippen LogP contribution in [0.5, 0.6) is 5.75 Å². The van der Waals surface area contributed by atoms with Gasteiger partial charge in [-0.25, -0.2) is 4.39 Å². The number of methoxy groups -OCH3 is 1. The number of aliphatic imine (C=N–C) groups is 1. The highest BCUT2D eigenvalue weighted by Gasteiger charge is 2.45. The van der Waals surface area contributed by atoms with E-state index in [2.05, 4.69) is 20.9 Å². The van der Waals surface area contributed by atoms with Crippen LogP contribution in [0.25, 0.3) is 0 Å². The molecule has 3 N–H and O–H groups in total. The maximum Gasteiger partial charge on any atom is 0.251 e. The number of rotatable bonds is 9. The van der Waals surface area contributed by atoms with E-state index in [0.717, 1.165) is 18.4 Å². The van der Waals surface area contributed by atoms with Gasteiger partial charge in [-0.15, -0.1) is 24.0 Å². The summed E-state index contributed by atoms with van der Waals surface area (Å²) in [5, 5.41) is 9.30. The van der Waals surface area contributed by atoms with Crippen LogP contribution in [0.2, 0.25) is 0 Å². The zero-order valence-corrected chi connectivity index (χ0v) is 20.2. The van der Waals surface area contributed by atoms with Crippen molar-refractivity contribution in [3.63, 3.8) is 0 Å². The van der Waals surface area contributed by atoms with Crippen LogP contribution in [-0.4, -0.2) is 45.2 Å². The SMILES string of the molecule is CCNC(=NCC1(c2ccccc2F)CC1)NCCNC(=O)c1cccc(OC)c1.I. The normalized spacial score (nSPS) is 14.2. The highest BCUT2D eigenvalue weighted by Crippen LogP contribution is 2.49. The molecular formula is C23H30FIN4O2. The van der Waals surface area contributed by atoms with E-state index in [1.54, 1.807) is 37.4 Å². The molecule has 1 amide bonds. The minimum atomic E-state index is -0.200. The molecule has 0 bridgehead atoms. The van der Waals surface area contributed by atoms with Crippen LogP contribution in [0.1, 0.15) is 35.7 Å². The monoisotopic (exact) mass is 540 g/mol. The van der Waals surface area contributed by atoms with Gasteiger partial charge >= 0.3 is 0 Å². The van der Waals surface area contributed by atoms with Crippen molar-refractivity contribution >= 4 is 35.8 Å². The number of nitrogens with one attached hydrogen (secondary N) is 3. The molecule has 0 saturated heterocycles. The molecule has 0 heterocycles. The first-order chi connectivity index (χ1) is 14.6. The molecule has 3 rings (SSSR count). The fraction of sp³-hybridized carbons (Fsp3) is 0.391. The summed E-state index contributed by atoms with van der Waals surface area (Å²) in [5.74, 6) is 0.986. The Kier molecular flexibility index (Phi) is 9.54. The lowest BCUT2D eigenvalue weighted by Gasteiger charge is -2.16. The van der Waals surface area contributed by atoms with E-state index in [4.69, 9.17) is 4.74 Å². The minimum Gasteiger partial charge on any atom is -0.497 e. The fourth-order valence-corrected chi connectivity index (χ4v) is 3.35. The Bertz CT molecular complexity index is 903. The topological polar surface area (TPSA) is 74.8 Å². The number of carbonyl (C=O) groups is 1. The van der Waals surface area contributed by atoms with E-state index >= 15 is 0 Å². The smallest absolute Gasteiger partial charge is 0.251 e. The van der Waals surface area contributed by atoms with E-state index < -0.39 is 0 Å². The molecule has 1 aliphatic carbocycles. The molecule has 2 aromatic carbocycles.